The van der Waals surface area contributed by atoms with E-state index >= 15 is 0 Å². The zero-order valence-electron chi connectivity index (χ0n) is 10.4. The van der Waals surface area contributed by atoms with Crippen LogP contribution in [0.5, 0.6) is 0 Å². The van der Waals surface area contributed by atoms with Crippen molar-refractivity contribution >= 4 is 11.8 Å². The van der Waals surface area contributed by atoms with Crippen LogP contribution in [0.1, 0.15) is 25.7 Å². The molecule has 0 aromatic heterocycles. The largest absolute Gasteiger partial charge is 0.388 e. The molecule has 0 radical (unpaired) electrons. The van der Waals surface area contributed by atoms with E-state index in [1.54, 1.807) is 23.9 Å². The first-order chi connectivity index (χ1) is 8.64. The molecule has 2 nitrogen and oxygen atoms in total. The van der Waals surface area contributed by atoms with Gasteiger partial charge in [0.15, 0.2) is 0 Å². The van der Waals surface area contributed by atoms with Crippen molar-refractivity contribution < 1.29 is 9.50 Å². The minimum Gasteiger partial charge on any atom is -0.388 e. The summed E-state index contributed by atoms with van der Waals surface area (Å²) in [7, 11) is 0. The first-order valence-electron chi connectivity index (χ1n) is 6.45. The standard InChI is InChI=1S/C14H20FNOS/c15-12-3-5-13(6-4-12)18-9-7-11-2-1-8-14(11,17)10-16/h3-6,11,17H,1-2,7-10,16H2. The number of aliphatic hydroxyl groups is 1. The zero-order valence-corrected chi connectivity index (χ0v) is 11.3. The predicted molar refractivity (Wildman–Crippen MR) is 73.1 cm³/mol. The Morgan fingerprint density at radius 2 is 2.11 bits per heavy atom. The molecule has 0 amide bonds. The third-order valence-corrected chi connectivity index (χ3v) is 4.87. The zero-order chi connectivity index (χ0) is 13.0. The maximum Gasteiger partial charge on any atom is 0.123 e. The summed E-state index contributed by atoms with van der Waals surface area (Å²) in [5.74, 6) is 1.06. The number of benzene rings is 1. The number of hydrogen-bond donors (Lipinski definition) is 2. The number of nitrogens with two attached hydrogens (primary N) is 1. The highest BCUT2D eigenvalue weighted by Crippen LogP contribution is 2.38. The Hall–Kier alpha value is -0.580. The van der Waals surface area contributed by atoms with Gasteiger partial charge in [0.1, 0.15) is 5.82 Å². The monoisotopic (exact) mass is 269 g/mol. The number of thioether (sulfide) groups is 1. The molecule has 2 unspecified atom stereocenters. The van der Waals surface area contributed by atoms with Gasteiger partial charge < -0.3 is 10.8 Å². The fourth-order valence-electron chi connectivity index (χ4n) is 2.66. The van der Waals surface area contributed by atoms with E-state index in [0.717, 1.165) is 36.3 Å². The fourth-order valence-corrected chi connectivity index (χ4v) is 3.63. The van der Waals surface area contributed by atoms with Crippen molar-refractivity contribution in [1.29, 1.82) is 0 Å². The highest BCUT2D eigenvalue weighted by Gasteiger charge is 2.39. The van der Waals surface area contributed by atoms with Crippen molar-refractivity contribution in [3.8, 4) is 0 Å². The average Bonchev–Trinajstić information content (AvgIpc) is 2.74. The van der Waals surface area contributed by atoms with E-state index in [-0.39, 0.29) is 5.82 Å². The molecule has 0 bridgehead atoms. The number of rotatable bonds is 5. The molecule has 2 atom stereocenters. The minimum atomic E-state index is -0.649. The van der Waals surface area contributed by atoms with Gasteiger partial charge in [0.2, 0.25) is 0 Å². The molecule has 3 N–H and O–H groups in total. The first kappa shape index (κ1) is 13.8. The SMILES string of the molecule is NCC1(O)CCCC1CCSc1ccc(F)cc1. The lowest BCUT2D eigenvalue weighted by Crippen LogP contribution is -2.41. The van der Waals surface area contributed by atoms with Gasteiger partial charge in [-0.2, -0.15) is 0 Å². The second-order valence-electron chi connectivity index (χ2n) is 4.99. The van der Waals surface area contributed by atoms with Gasteiger partial charge in [0, 0.05) is 11.4 Å². The second kappa shape index (κ2) is 6.04. The minimum absolute atomic E-state index is 0.201. The molecule has 1 fully saturated rings. The Morgan fingerprint density at radius 3 is 2.78 bits per heavy atom. The molecule has 1 saturated carbocycles. The van der Waals surface area contributed by atoms with Crippen LogP contribution in [0.3, 0.4) is 0 Å². The Bertz CT molecular complexity index is 384. The molecular weight excluding hydrogens is 249 g/mol. The van der Waals surface area contributed by atoms with Gasteiger partial charge in [-0.15, -0.1) is 11.8 Å². The number of halogens is 1. The summed E-state index contributed by atoms with van der Waals surface area (Å²) >= 11 is 1.71. The summed E-state index contributed by atoms with van der Waals surface area (Å²) in [6, 6.07) is 6.55. The molecule has 1 aliphatic carbocycles. The summed E-state index contributed by atoms with van der Waals surface area (Å²) in [4.78, 5) is 1.07. The summed E-state index contributed by atoms with van der Waals surface area (Å²) < 4.78 is 12.7. The normalized spacial score (nSPS) is 27.6. The molecule has 1 aromatic carbocycles. The van der Waals surface area contributed by atoms with Gasteiger partial charge in [-0.05, 0) is 55.2 Å². The third-order valence-electron chi connectivity index (χ3n) is 3.82. The molecule has 0 spiro atoms. The van der Waals surface area contributed by atoms with E-state index in [1.165, 1.54) is 12.1 Å². The lowest BCUT2D eigenvalue weighted by atomic mass is 9.89. The van der Waals surface area contributed by atoms with Crippen molar-refractivity contribution in [3.63, 3.8) is 0 Å². The van der Waals surface area contributed by atoms with Crippen molar-refractivity contribution in [3.05, 3.63) is 30.1 Å². The van der Waals surface area contributed by atoms with E-state index < -0.39 is 5.60 Å². The highest BCUT2D eigenvalue weighted by atomic mass is 32.2. The van der Waals surface area contributed by atoms with E-state index in [2.05, 4.69) is 0 Å². The summed E-state index contributed by atoms with van der Waals surface area (Å²) in [6.07, 6.45) is 3.93. The second-order valence-corrected chi connectivity index (χ2v) is 6.16. The van der Waals surface area contributed by atoms with Crippen LogP contribution in [-0.4, -0.2) is 23.0 Å². The van der Waals surface area contributed by atoms with Gasteiger partial charge >= 0.3 is 0 Å². The maximum absolute atomic E-state index is 12.7. The van der Waals surface area contributed by atoms with Gasteiger partial charge in [-0.3, -0.25) is 0 Å². The molecule has 1 aliphatic rings. The van der Waals surface area contributed by atoms with Crippen molar-refractivity contribution in [2.24, 2.45) is 11.7 Å². The van der Waals surface area contributed by atoms with Crippen molar-refractivity contribution in [2.45, 2.75) is 36.2 Å². The van der Waals surface area contributed by atoms with E-state index in [9.17, 15) is 9.50 Å². The molecule has 0 saturated heterocycles. The molecule has 100 valence electrons. The topological polar surface area (TPSA) is 46.2 Å². The first-order valence-corrected chi connectivity index (χ1v) is 7.43. The average molecular weight is 269 g/mol. The van der Waals surface area contributed by atoms with Crippen LogP contribution in [0, 0.1) is 11.7 Å². The molecular formula is C14H20FNOS. The highest BCUT2D eigenvalue weighted by molar-refractivity contribution is 7.99. The van der Waals surface area contributed by atoms with Crippen molar-refractivity contribution in [1.82, 2.24) is 0 Å². The van der Waals surface area contributed by atoms with Gasteiger partial charge in [0.05, 0.1) is 5.60 Å². The van der Waals surface area contributed by atoms with Gasteiger partial charge in [0.25, 0.3) is 0 Å². The summed E-state index contributed by atoms with van der Waals surface area (Å²) in [5.41, 5.74) is 5.01. The van der Waals surface area contributed by atoms with Crippen LogP contribution < -0.4 is 5.73 Å². The lowest BCUT2D eigenvalue weighted by molar-refractivity contribution is 0.0104. The Kier molecular flexibility index (Phi) is 4.65. The molecule has 18 heavy (non-hydrogen) atoms. The van der Waals surface area contributed by atoms with Gasteiger partial charge in [-0.1, -0.05) is 6.42 Å². The smallest absolute Gasteiger partial charge is 0.123 e. The summed E-state index contributed by atoms with van der Waals surface area (Å²) in [5, 5.41) is 10.3. The molecule has 1 aromatic rings. The van der Waals surface area contributed by atoms with E-state index in [1.807, 2.05) is 0 Å². The van der Waals surface area contributed by atoms with Crippen molar-refractivity contribution in [2.75, 3.05) is 12.3 Å². The van der Waals surface area contributed by atoms with E-state index in [0.29, 0.717) is 12.5 Å². The summed E-state index contributed by atoms with van der Waals surface area (Å²) in [6.45, 7) is 0.360. The van der Waals surface area contributed by atoms with Gasteiger partial charge in [-0.25, -0.2) is 4.39 Å². The third kappa shape index (κ3) is 3.25. The van der Waals surface area contributed by atoms with Crippen LogP contribution in [-0.2, 0) is 0 Å². The Labute approximate surface area is 112 Å². The Morgan fingerprint density at radius 1 is 1.39 bits per heavy atom. The quantitative estimate of drug-likeness (QED) is 0.808. The lowest BCUT2D eigenvalue weighted by Gasteiger charge is -2.28. The van der Waals surface area contributed by atoms with Crippen LogP contribution in [0.2, 0.25) is 0 Å². The molecule has 0 aliphatic heterocycles. The predicted octanol–water partition coefficient (Wildman–Crippen LogP) is 2.80. The Balaban J connectivity index is 1.80. The maximum atomic E-state index is 12.7. The van der Waals surface area contributed by atoms with Crippen LogP contribution in [0.4, 0.5) is 4.39 Å². The van der Waals surface area contributed by atoms with Crippen LogP contribution in [0.25, 0.3) is 0 Å². The van der Waals surface area contributed by atoms with E-state index in [4.69, 9.17) is 5.73 Å². The fraction of sp³-hybridized carbons (Fsp3) is 0.571. The molecule has 2 rings (SSSR count). The van der Waals surface area contributed by atoms with Crippen LogP contribution >= 0.6 is 11.8 Å². The molecule has 0 heterocycles. The molecule has 4 heteroatoms. The number of hydrogen-bond acceptors (Lipinski definition) is 3. The van der Waals surface area contributed by atoms with Crippen LogP contribution in [0.15, 0.2) is 29.2 Å².